The molecule has 0 saturated heterocycles. The predicted molar refractivity (Wildman–Crippen MR) is 140 cm³/mol. The van der Waals surface area contributed by atoms with Crippen LogP contribution in [-0.4, -0.2) is 46.4 Å². The Labute approximate surface area is 213 Å². The lowest BCUT2D eigenvalue weighted by molar-refractivity contribution is 0.0270. The van der Waals surface area contributed by atoms with Crippen LogP contribution in [0, 0.1) is 6.92 Å². The number of amides is 2. The number of aromatic nitrogens is 1. The van der Waals surface area contributed by atoms with E-state index in [9.17, 15) is 9.59 Å². The average Bonchev–Trinajstić information content (AvgIpc) is 2.77. The smallest absolute Gasteiger partial charge is 0.412 e. The Kier molecular flexibility index (Phi) is 8.28. The summed E-state index contributed by atoms with van der Waals surface area (Å²) in [6.45, 7) is 14.1. The summed E-state index contributed by atoms with van der Waals surface area (Å²) >= 11 is 0. The monoisotopic (exact) mass is 495 g/mol. The maximum Gasteiger partial charge on any atom is 0.412 e. The van der Waals surface area contributed by atoms with Crippen molar-refractivity contribution in [2.75, 3.05) is 18.4 Å². The molecule has 1 aromatic heterocycles. The second kappa shape index (κ2) is 11.0. The Morgan fingerprint density at radius 3 is 2.28 bits per heavy atom. The fourth-order valence-corrected chi connectivity index (χ4v) is 3.64. The standard InChI is InChI=1S/C28H37N3O5/c1-19-24(34-18-20-11-9-8-10-12-20)23(30-25(32)35-27(2,3)4)17-22(29-19)21-13-15-31(16-14-21)26(33)36-28(5,6)7/h8-13,17H,14-16,18H2,1-7H3,(H,29,30,32). The van der Waals surface area contributed by atoms with E-state index in [0.717, 1.165) is 16.8 Å². The molecule has 0 bridgehead atoms. The molecule has 0 unspecified atom stereocenters. The summed E-state index contributed by atoms with van der Waals surface area (Å²) in [4.78, 5) is 31.4. The third-order valence-electron chi connectivity index (χ3n) is 5.19. The summed E-state index contributed by atoms with van der Waals surface area (Å²) in [6, 6.07) is 11.6. The summed E-state index contributed by atoms with van der Waals surface area (Å²) in [5.74, 6) is 0.486. The number of nitrogens with zero attached hydrogens (tertiary/aromatic N) is 2. The normalized spacial score (nSPS) is 14.1. The average molecular weight is 496 g/mol. The first kappa shape index (κ1) is 27.0. The van der Waals surface area contributed by atoms with E-state index in [-0.39, 0.29) is 6.09 Å². The summed E-state index contributed by atoms with van der Waals surface area (Å²) in [7, 11) is 0. The van der Waals surface area contributed by atoms with Crippen LogP contribution in [0.15, 0.2) is 42.5 Å². The van der Waals surface area contributed by atoms with Crippen molar-refractivity contribution >= 4 is 23.4 Å². The van der Waals surface area contributed by atoms with Crippen molar-refractivity contribution in [3.05, 3.63) is 59.4 Å². The van der Waals surface area contributed by atoms with E-state index in [1.807, 2.05) is 84.9 Å². The van der Waals surface area contributed by atoms with Gasteiger partial charge in [0.2, 0.25) is 0 Å². The van der Waals surface area contributed by atoms with Gasteiger partial charge >= 0.3 is 12.2 Å². The Bertz CT molecular complexity index is 1110. The zero-order valence-electron chi connectivity index (χ0n) is 22.3. The van der Waals surface area contributed by atoms with E-state index in [4.69, 9.17) is 19.2 Å². The van der Waals surface area contributed by atoms with Gasteiger partial charge in [0, 0.05) is 13.1 Å². The van der Waals surface area contributed by atoms with Crippen LogP contribution in [0.4, 0.5) is 15.3 Å². The van der Waals surface area contributed by atoms with E-state index < -0.39 is 17.3 Å². The molecule has 1 aliphatic heterocycles. The van der Waals surface area contributed by atoms with Crippen LogP contribution in [0.1, 0.15) is 64.9 Å². The van der Waals surface area contributed by atoms with Gasteiger partial charge in [-0.25, -0.2) is 14.6 Å². The molecule has 1 N–H and O–H groups in total. The lowest BCUT2D eigenvalue weighted by atomic mass is 10.0. The highest BCUT2D eigenvalue weighted by atomic mass is 16.6. The van der Waals surface area contributed by atoms with Crippen LogP contribution < -0.4 is 10.1 Å². The summed E-state index contributed by atoms with van der Waals surface area (Å²) in [6.07, 6.45) is 1.68. The molecule has 0 aliphatic carbocycles. The molecule has 36 heavy (non-hydrogen) atoms. The van der Waals surface area contributed by atoms with E-state index in [1.165, 1.54) is 0 Å². The van der Waals surface area contributed by atoms with Gasteiger partial charge < -0.3 is 19.1 Å². The quantitative estimate of drug-likeness (QED) is 0.521. The van der Waals surface area contributed by atoms with Crippen molar-refractivity contribution in [1.29, 1.82) is 0 Å². The van der Waals surface area contributed by atoms with Gasteiger partial charge in [-0.1, -0.05) is 36.4 Å². The molecular weight excluding hydrogens is 458 g/mol. The molecule has 8 nitrogen and oxygen atoms in total. The van der Waals surface area contributed by atoms with Gasteiger partial charge in [-0.3, -0.25) is 5.32 Å². The lowest BCUT2D eigenvalue weighted by Gasteiger charge is -2.29. The number of carbonyl (C=O) groups is 2. The molecule has 0 radical (unpaired) electrons. The van der Waals surface area contributed by atoms with E-state index in [0.29, 0.717) is 43.2 Å². The maximum atomic E-state index is 12.6. The second-order valence-corrected chi connectivity index (χ2v) is 10.8. The first-order chi connectivity index (χ1) is 16.8. The molecule has 0 spiro atoms. The molecule has 2 aromatic rings. The SMILES string of the molecule is Cc1nc(C2=CCN(C(=O)OC(C)(C)C)CC2)cc(NC(=O)OC(C)(C)C)c1OCc1ccccc1. The molecule has 0 fully saturated rings. The van der Waals surface area contributed by atoms with Crippen LogP contribution in [0.5, 0.6) is 5.75 Å². The molecule has 3 rings (SSSR count). The maximum absolute atomic E-state index is 12.6. The number of aryl methyl sites for hydroxylation is 1. The number of rotatable bonds is 5. The molecule has 8 heteroatoms. The number of carbonyl (C=O) groups excluding carboxylic acids is 2. The Hall–Kier alpha value is -3.55. The third-order valence-corrected chi connectivity index (χ3v) is 5.19. The van der Waals surface area contributed by atoms with Crippen LogP contribution in [0.2, 0.25) is 0 Å². The van der Waals surface area contributed by atoms with Crippen LogP contribution in [0.3, 0.4) is 0 Å². The fraction of sp³-hybridized carbons (Fsp3) is 0.464. The zero-order valence-corrected chi connectivity index (χ0v) is 22.3. The number of pyridine rings is 1. The summed E-state index contributed by atoms with van der Waals surface area (Å²) < 4.78 is 17.0. The van der Waals surface area contributed by atoms with Gasteiger partial charge in [0.25, 0.3) is 0 Å². The highest BCUT2D eigenvalue weighted by Gasteiger charge is 2.25. The molecule has 1 aliphatic rings. The fourth-order valence-electron chi connectivity index (χ4n) is 3.64. The number of hydrogen-bond acceptors (Lipinski definition) is 6. The van der Waals surface area contributed by atoms with Crippen molar-refractivity contribution in [3.8, 4) is 5.75 Å². The number of ether oxygens (including phenoxy) is 3. The van der Waals surface area contributed by atoms with Crippen molar-refractivity contribution in [2.24, 2.45) is 0 Å². The Morgan fingerprint density at radius 1 is 1.03 bits per heavy atom. The number of hydrogen-bond donors (Lipinski definition) is 1. The van der Waals surface area contributed by atoms with E-state index >= 15 is 0 Å². The predicted octanol–water partition coefficient (Wildman–Crippen LogP) is 6.34. The molecule has 1 aromatic carbocycles. The first-order valence-electron chi connectivity index (χ1n) is 12.2. The van der Waals surface area contributed by atoms with Gasteiger partial charge in [-0.05, 0) is 72.1 Å². The van der Waals surface area contributed by atoms with E-state index in [1.54, 1.807) is 11.0 Å². The molecule has 2 amide bonds. The number of nitrogens with one attached hydrogen (secondary N) is 1. The zero-order chi connectivity index (χ0) is 26.5. The largest absolute Gasteiger partial charge is 0.485 e. The van der Waals surface area contributed by atoms with Crippen LogP contribution in [-0.2, 0) is 16.1 Å². The van der Waals surface area contributed by atoms with Crippen LogP contribution >= 0.6 is 0 Å². The first-order valence-corrected chi connectivity index (χ1v) is 12.2. The number of anilines is 1. The van der Waals surface area contributed by atoms with Gasteiger partial charge in [0.05, 0.1) is 17.1 Å². The molecule has 194 valence electrons. The molecule has 0 saturated carbocycles. The summed E-state index contributed by atoms with van der Waals surface area (Å²) in [5, 5.41) is 2.84. The van der Waals surface area contributed by atoms with Crippen LogP contribution in [0.25, 0.3) is 5.57 Å². The lowest BCUT2D eigenvalue weighted by Crippen LogP contribution is -2.39. The Balaban J connectivity index is 1.84. The third kappa shape index (κ3) is 8.00. The minimum absolute atomic E-state index is 0.333. The van der Waals surface area contributed by atoms with Crippen molar-refractivity contribution in [3.63, 3.8) is 0 Å². The molecular formula is C28H37N3O5. The van der Waals surface area contributed by atoms with Gasteiger partial charge in [-0.15, -0.1) is 0 Å². The minimum atomic E-state index is -0.642. The Morgan fingerprint density at radius 2 is 1.69 bits per heavy atom. The highest BCUT2D eigenvalue weighted by Crippen LogP contribution is 2.33. The highest BCUT2D eigenvalue weighted by molar-refractivity contribution is 5.88. The molecule has 0 atom stereocenters. The second-order valence-electron chi connectivity index (χ2n) is 10.8. The van der Waals surface area contributed by atoms with Gasteiger partial charge in [-0.2, -0.15) is 0 Å². The van der Waals surface area contributed by atoms with Crippen molar-refractivity contribution in [1.82, 2.24) is 9.88 Å². The minimum Gasteiger partial charge on any atom is -0.485 e. The summed E-state index contributed by atoms with van der Waals surface area (Å²) in [5.41, 5.74) is 2.65. The van der Waals surface area contributed by atoms with Crippen molar-refractivity contribution < 1.29 is 23.8 Å². The van der Waals surface area contributed by atoms with Gasteiger partial charge in [0.1, 0.15) is 17.8 Å². The van der Waals surface area contributed by atoms with Crippen molar-refractivity contribution in [2.45, 2.75) is 72.7 Å². The number of benzene rings is 1. The van der Waals surface area contributed by atoms with E-state index in [2.05, 4.69) is 5.32 Å². The van der Waals surface area contributed by atoms with Gasteiger partial charge in [0.15, 0.2) is 5.75 Å². The topological polar surface area (TPSA) is 90.0 Å². The molecule has 2 heterocycles.